The van der Waals surface area contributed by atoms with Gasteiger partial charge >= 0.3 is 0 Å². The lowest BCUT2D eigenvalue weighted by Crippen LogP contribution is -2.40. The van der Waals surface area contributed by atoms with Crippen molar-refractivity contribution >= 4 is 5.69 Å². The lowest BCUT2D eigenvalue weighted by Gasteiger charge is -2.44. The third kappa shape index (κ3) is 2.60. The highest BCUT2D eigenvalue weighted by molar-refractivity contribution is 5.57. The summed E-state index contributed by atoms with van der Waals surface area (Å²) in [5.74, 6) is 2.34. The van der Waals surface area contributed by atoms with Gasteiger partial charge in [0.15, 0.2) is 0 Å². The van der Waals surface area contributed by atoms with Gasteiger partial charge in [-0.05, 0) is 49.8 Å². The van der Waals surface area contributed by atoms with Crippen LogP contribution in [-0.2, 0) is 4.74 Å². The third-order valence-corrected chi connectivity index (χ3v) is 5.87. The number of rotatable bonds is 2. The lowest BCUT2D eigenvalue weighted by molar-refractivity contribution is -0.113. The molecule has 22 heavy (non-hydrogen) atoms. The summed E-state index contributed by atoms with van der Waals surface area (Å²) >= 11 is 0. The normalized spacial score (nSPS) is 31.8. The molecule has 2 heterocycles. The van der Waals surface area contributed by atoms with E-state index < -0.39 is 0 Å². The number of benzene rings is 1. The first-order valence-electron chi connectivity index (χ1n) is 8.92. The Morgan fingerprint density at radius 3 is 2.73 bits per heavy atom. The molecule has 1 saturated heterocycles. The van der Waals surface area contributed by atoms with Gasteiger partial charge in [0, 0.05) is 23.7 Å². The molecule has 2 aliphatic heterocycles. The van der Waals surface area contributed by atoms with E-state index in [1.807, 2.05) is 6.07 Å². The van der Waals surface area contributed by atoms with E-state index in [4.69, 9.17) is 9.47 Å². The Morgan fingerprint density at radius 2 is 1.91 bits per heavy atom. The fourth-order valence-electron chi connectivity index (χ4n) is 4.59. The summed E-state index contributed by atoms with van der Waals surface area (Å²) in [4.78, 5) is 0. The molecule has 1 saturated carbocycles. The number of hydrogen-bond donors (Lipinski definition) is 1. The van der Waals surface area contributed by atoms with Crippen LogP contribution in [0.25, 0.3) is 0 Å². The first-order chi connectivity index (χ1) is 10.8. The first kappa shape index (κ1) is 14.4. The topological polar surface area (TPSA) is 30.5 Å². The second kappa shape index (κ2) is 6.11. The molecule has 3 atom stereocenters. The standard InChI is InChI=1S/C19H27NO2/c1-21-15-8-9-17-16(11-15)19-14(12-20-17)7-10-18(22-19)13-5-3-2-4-6-13/h8-9,11,13-14,18-20H,2-7,10,12H2,1H3. The van der Waals surface area contributed by atoms with Crippen molar-refractivity contribution in [3.8, 4) is 5.75 Å². The van der Waals surface area contributed by atoms with Gasteiger partial charge in [0.2, 0.25) is 0 Å². The van der Waals surface area contributed by atoms with Crippen LogP contribution in [0.4, 0.5) is 5.69 Å². The summed E-state index contributed by atoms with van der Waals surface area (Å²) in [6.07, 6.45) is 10.2. The minimum absolute atomic E-state index is 0.257. The second-order valence-corrected chi connectivity index (χ2v) is 7.16. The molecule has 0 amide bonds. The Balaban J connectivity index is 1.57. The van der Waals surface area contributed by atoms with Crippen molar-refractivity contribution in [2.24, 2.45) is 11.8 Å². The van der Waals surface area contributed by atoms with Gasteiger partial charge in [-0.1, -0.05) is 19.3 Å². The average molecular weight is 301 g/mol. The van der Waals surface area contributed by atoms with Crippen LogP contribution in [0.3, 0.4) is 0 Å². The van der Waals surface area contributed by atoms with E-state index in [-0.39, 0.29) is 6.10 Å². The molecule has 2 fully saturated rings. The second-order valence-electron chi connectivity index (χ2n) is 7.16. The summed E-state index contributed by atoms with van der Waals surface area (Å²) < 4.78 is 12.1. The quantitative estimate of drug-likeness (QED) is 0.870. The summed E-state index contributed by atoms with van der Waals surface area (Å²) in [5, 5.41) is 3.57. The van der Waals surface area contributed by atoms with Gasteiger partial charge in [0.1, 0.15) is 5.75 Å². The molecule has 3 heteroatoms. The van der Waals surface area contributed by atoms with Crippen molar-refractivity contribution in [1.29, 1.82) is 0 Å². The zero-order valence-electron chi connectivity index (χ0n) is 13.5. The monoisotopic (exact) mass is 301 g/mol. The van der Waals surface area contributed by atoms with E-state index in [9.17, 15) is 0 Å². The highest BCUT2D eigenvalue weighted by atomic mass is 16.5. The average Bonchev–Trinajstić information content (AvgIpc) is 2.61. The maximum absolute atomic E-state index is 6.66. The maximum atomic E-state index is 6.66. The van der Waals surface area contributed by atoms with Gasteiger partial charge in [0.25, 0.3) is 0 Å². The first-order valence-corrected chi connectivity index (χ1v) is 8.92. The molecule has 3 aliphatic rings. The number of nitrogens with one attached hydrogen (secondary N) is 1. The van der Waals surface area contributed by atoms with Gasteiger partial charge in [-0.2, -0.15) is 0 Å². The third-order valence-electron chi connectivity index (χ3n) is 5.87. The van der Waals surface area contributed by atoms with Gasteiger partial charge in [-0.3, -0.25) is 0 Å². The Morgan fingerprint density at radius 1 is 1.05 bits per heavy atom. The van der Waals surface area contributed by atoms with Crippen LogP contribution >= 0.6 is 0 Å². The van der Waals surface area contributed by atoms with E-state index in [0.29, 0.717) is 12.0 Å². The Bertz CT molecular complexity index is 524. The zero-order valence-corrected chi connectivity index (χ0v) is 13.5. The van der Waals surface area contributed by atoms with Gasteiger partial charge in [-0.15, -0.1) is 0 Å². The lowest BCUT2D eigenvalue weighted by atomic mass is 9.78. The van der Waals surface area contributed by atoms with Crippen LogP contribution in [0.15, 0.2) is 18.2 Å². The van der Waals surface area contributed by atoms with Gasteiger partial charge < -0.3 is 14.8 Å². The minimum Gasteiger partial charge on any atom is -0.497 e. The van der Waals surface area contributed by atoms with E-state index in [1.54, 1.807) is 7.11 Å². The molecule has 1 N–H and O–H groups in total. The highest BCUT2D eigenvalue weighted by Crippen LogP contribution is 2.46. The molecule has 120 valence electrons. The van der Waals surface area contributed by atoms with Crippen LogP contribution in [0.5, 0.6) is 5.75 Å². The molecule has 0 radical (unpaired) electrons. The summed E-state index contributed by atoms with van der Waals surface area (Å²) in [7, 11) is 1.74. The van der Waals surface area contributed by atoms with Crippen molar-refractivity contribution in [1.82, 2.24) is 0 Å². The van der Waals surface area contributed by atoms with Crippen LogP contribution in [0.1, 0.15) is 56.6 Å². The summed E-state index contributed by atoms with van der Waals surface area (Å²) in [6.45, 7) is 1.04. The molecule has 1 aromatic rings. The molecule has 3 nitrogen and oxygen atoms in total. The van der Waals surface area contributed by atoms with Gasteiger partial charge in [-0.25, -0.2) is 0 Å². The van der Waals surface area contributed by atoms with Crippen LogP contribution < -0.4 is 10.1 Å². The van der Waals surface area contributed by atoms with Crippen molar-refractivity contribution in [2.75, 3.05) is 19.0 Å². The van der Waals surface area contributed by atoms with E-state index >= 15 is 0 Å². The Labute approximate surface area is 133 Å². The fourth-order valence-corrected chi connectivity index (χ4v) is 4.59. The molecule has 1 aromatic carbocycles. The van der Waals surface area contributed by atoms with Crippen molar-refractivity contribution in [3.05, 3.63) is 23.8 Å². The van der Waals surface area contributed by atoms with Crippen molar-refractivity contribution < 1.29 is 9.47 Å². The molecule has 4 rings (SSSR count). The maximum Gasteiger partial charge on any atom is 0.119 e. The summed E-state index contributed by atoms with van der Waals surface area (Å²) in [5.41, 5.74) is 2.53. The molecular weight excluding hydrogens is 274 g/mol. The fraction of sp³-hybridized carbons (Fsp3) is 0.684. The molecular formula is C19H27NO2. The van der Waals surface area contributed by atoms with E-state index in [0.717, 1.165) is 18.2 Å². The predicted octanol–water partition coefficient (Wildman–Crippen LogP) is 4.54. The predicted molar refractivity (Wildman–Crippen MR) is 88.4 cm³/mol. The van der Waals surface area contributed by atoms with E-state index in [1.165, 1.54) is 56.2 Å². The molecule has 1 aliphatic carbocycles. The number of ether oxygens (including phenoxy) is 2. The van der Waals surface area contributed by atoms with Crippen LogP contribution in [0.2, 0.25) is 0 Å². The number of fused-ring (bicyclic) bond motifs is 3. The van der Waals surface area contributed by atoms with Crippen molar-refractivity contribution in [3.63, 3.8) is 0 Å². The van der Waals surface area contributed by atoms with Crippen LogP contribution in [-0.4, -0.2) is 19.8 Å². The van der Waals surface area contributed by atoms with Gasteiger partial charge in [0.05, 0.1) is 19.3 Å². The van der Waals surface area contributed by atoms with Crippen LogP contribution in [0, 0.1) is 11.8 Å². The SMILES string of the molecule is COc1ccc2c(c1)C1OC(C3CCCCC3)CCC1CN2. The smallest absolute Gasteiger partial charge is 0.119 e. The molecule has 0 spiro atoms. The Kier molecular flexibility index (Phi) is 4.00. The summed E-state index contributed by atoms with van der Waals surface area (Å²) in [6, 6.07) is 6.34. The molecule has 0 bridgehead atoms. The number of hydrogen-bond acceptors (Lipinski definition) is 3. The Hall–Kier alpha value is -1.22. The molecule has 3 unspecified atom stereocenters. The van der Waals surface area contributed by atoms with Crippen molar-refractivity contribution in [2.45, 2.75) is 57.2 Å². The largest absolute Gasteiger partial charge is 0.497 e. The molecule has 0 aromatic heterocycles. The minimum atomic E-state index is 0.257. The zero-order chi connectivity index (χ0) is 14.9. The highest BCUT2D eigenvalue weighted by Gasteiger charge is 2.39. The van der Waals surface area contributed by atoms with E-state index in [2.05, 4.69) is 17.4 Å². The number of methoxy groups -OCH3 is 1. The number of anilines is 1.